The summed E-state index contributed by atoms with van der Waals surface area (Å²) in [6.07, 6.45) is 0.762. The Bertz CT molecular complexity index is 250. The van der Waals surface area contributed by atoms with Gasteiger partial charge in [0.25, 0.3) is 0 Å². The van der Waals surface area contributed by atoms with Gasteiger partial charge in [0.15, 0.2) is 0 Å². The van der Waals surface area contributed by atoms with E-state index in [0.29, 0.717) is 0 Å². The molecule has 0 unspecified atom stereocenters. The summed E-state index contributed by atoms with van der Waals surface area (Å²) in [6.45, 7) is 6.07. The molecular formula is C9H12OS. The highest BCUT2D eigenvalue weighted by Crippen LogP contribution is 2.22. The molecule has 0 atom stereocenters. The van der Waals surface area contributed by atoms with Crippen LogP contribution in [-0.2, 0) is 6.42 Å². The minimum Gasteiger partial charge on any atom is -0.396 e. The van der Waals surface area contributed by atoms with E-state index in [1.165, 1.54) is 9.75 Å². The van der Waals surface area contributed by atoms with E-state index in [0.717, 1.165) is 12.0 Å². The number of rotatable bonds is 3. The molecule has 1 rings (SSSR count). The van der Waals surface area contributed by atoms with Gasteiger partial charge in [-0.2, -0.15) is 0 Å². The average Bonchev–Trinajstić information content (AvgIpc) is 2.37. The molecule has 0 saturated carbocycles. The van der Waals surface area contributed by atoms with Crippen LogP contribution in [0.2, 0.25) is 0 Å². The monoisotopic (exact) mass is 168 g/mol. The van der Waals surface area contributed by atoms with Gasteiger partial charge in [0.2, 0.25) is 0 Å². The largest absolute Gasteiger partial charge is 0.396 e. The van der Waals surface area contributed by atoms with Crippen molar-refractivity contribution in [1.29, 1.82) is 0 Å². The van der Waals surface area contributed by atoms with Crippen molar-refractivity contribution in [2.45, 2.75) is 13.3 Å². The highest BCUT2D eigenvalue weighted by Gasteiger charge is 1.98. The lowest BCUT2D eigenvalue weighted by molar-refractivity contribution is 0.300. The summed E-state index contributed by atoms with van der Waals surface area (Å²) in [4.78, 5) is 2.44. The lowest BCUT2D eigenvalue weighted by Crippen LogP contribution is -1.84. The Morgan fingerprint density at radius 3 is 2.82 bits per heavy atom. The molecule has 2 heteroatoms. The molecule has 0 radical (unpaired) electrons. The summed E-state index contributed by atoms with van der Waals surface area (Å²) in [5, 5.41) is 8.65. The van der Waals surface area contributed by atoms with Crippen molar-refractivity contribution in [1.82, 2.24) is 0 Å². The quantitative estimate of drug-likeness (QED) is 0.734. The standard InChI is InChI=1S/C9H12OS/c1-7(2)9-4-3-8(11-9)5-6-10/h3-4,10H,1,5-6H2,2H3. The summed E-state index contributed by atoms with van der Waals surface area (Å²) in [5.41, 5.74) is 1.10. The zero-order valence-electron chi connectivity index (χ0n) is 6.63. The Hall–Kier alpha value is -0.600. The van der Waals surface area contributed by atoms with Crippen LogP contribution in [0.4, 0.5) is 0 Å². The Balaban J connectivity index is 2.73. The predicted molar refractivity (Wildman–Crippen MR) is 49.8 cm³/mol. The van der Waals surface area contributed by atoms with Crippen LogP contribution >= 0.6 is 11.3 Å². The zero-order valence-corrected chi connectivity index (χ0v) is 7.45. The summed E-state index contributed by atoms with van der Waals surface area (Å²) in [5.74, 6) is 0. The van der Waals surface area contributed by atoms with E-state index in [2.05, 4.69) is 12.6 Å². The molecule has 0 aliphatic carbocycles. The molecule has 1 heterocycles. The number of aliphatic hydroxyl groups is 1. The van der Waals surface area contributed by atoms with E-state index in [1.807, 2.05) is 13.0 Å². The van der Waals surface area contributed by atoms with Crippen LogP contribution in [0.3, 0.4) is 0 Å². The first-order valence-electron chi connectivity index (χ1n) is 3.59. The fraction of sp³-hybridized carbons (Fsp3) is 0.333. The predicted octanol–water partition coefficient (Wildman–Crippen LogP) is 2.32. The number of aliphatic hydroxyl groups excluding tert-OH is 1. The van der Waals surface area contributed by atoms with Gasteiger partial charge in [-0.1, -0.05) is 6.58 Å². The van der Waals surface area contributed by atoms with Crippen molar-refractivity contribution < 1.29 is 5.11 Å². The molecule has 11 heavy (non-hydrogen) atoms. The SMILES string of the molecule is C=C(C)c1ccc(CCO)s1. The molecular weight excluding hydrogens is 156 g/mol. The lowest BCUT2D eigenvalue weighted by Gasteiger charge is -1.90. The molecule has 0 aliphatic heterocycles. The number of allylic oxidation sites excluding steroid dienone is 1. The van der Waals surface area contributed by atoms with Crippen LogP contribution in [0.1, 0.15) is 16.7 Å². The second-order valence-corrected chi connectivity index (χ2v) is 3.69. The third-order valence-electron chi connectivity index (χ3n) is 1.44. The molecule has 0 bridgehead atoms. The third kappa shape index (κ3) is 2.17. The normalized spacial score (nSPS) is 10.0. The van der Waals surface area contributed by atoms with Gasteiger partial charge in [-0.3, -0.25) is 0 Å². The fourth-order valence-corrected chi connectivity index (χ4v) is 1.77. The summed E-state index contributed by atoms with van der Waals surface area (Å²) in [6, 6.07) is 4.10. The van der Waals surface area contributed by atoms with Gasteiger partial charge < -0.3 is 5.11 Å². The molecule has 60 valence electrons. The van der Waals surface area contributed by atoms with Gasteiger partial charge >= 0.3 is 0 Å². The van der Waals surface area contributed by atoms with Crippen molar-refractivity contribution in [3.05, 3.63) is 28.5 Å². The summed E-state index contributed by atoms with van der Waals surface area (Å²) < 4.78 is 0. The number of hydrogen-bond donors (Lipinski definition) is 1. The minimum absolute atomic E-state index is 0.232. The van der Waals surface area contributed by atoms with E-state index < -0.39 is 0 Å². The third-order valence-corrected chi connectivity index (χ3v) is 2.75. The van der Waals surface area contributed by atoms with Gasteiger partial charge in [-0.25, -0.2) is 0 Å². The second-order valence-electron chi connectivity index (χ2n) is 2.52. The van der Waals surface area contributed by atoms with Crippen LogP contribution in [0, 0.1) is 0 Å². The first-order valence-corrected chi connectivity index (χ1v) is 4.41. The Labute approximate surface area is 71.0 Å². The van der Waals surface area contributed by atoms with Crippen molar-refractivity contribution >= 4 is 16.9 Å². The van der Waals surface area contributed by atoms with Gasteiger partial charge in [0.05, 0.1) is 0 Å². The first kappa shape index (κ1) is 8.50. The zero-order chi connectivity index (χ0) is 8.27. The molecule has 1 N–H and O–H groups in total. The topological polar surface area (TPSA) is 20.2 Å². The molecule has 1 aromatic rings. The molecule has 1 aromatic heterocycles. The highest BCUT2D eigenvalue weighted by atomic mass is 32.1. The van der Waals surface area contributed by atoms with E-state index in [9.17, 15) is 0 Å². The van der Waals surface area contributed by atoms with Crippen molar-refractivity contribution in [2.24, 2.45) is 0 Å². The maximum Gasteiger partial charge on any atom is 0.0479 e. The van der Waals surface area contributed by atoms with Crippen LogP contribution < -0.4 is 0 Å². The van der Waals surface area contributed by atoms with Gasteiger partial charge in [-0.05, 0) is 24.6 Å². The molecule has 0 amide bonds. The second kappa shape index (κ2) is 3.69. The Morgan fingerprint density at radius 1 is 1.64 bits per heavy atom. The Morgan fingerprint density at radius 2 is 2.36 bits per heavy atom. The van der Waals surface area contributed by atoms with Crippen molar-refractivity contribution in [3.63, 3.8) is 0 Å². The Kier molecular flexibility index (Phi) is 2.85. The molecule has 0 fully saturated rings. The lowest BCUT2D eigenvalue weighted by atomic mass is 10.3. The number of thiophene rings is 1. The van der Waals surface area contributed by atoms with E-state index in [-0.39, 0.29) is 6.61 Å². The van der Waals surface area contributed by atoms with E-state index in [1.54, 1.807) is 11.3 Å². The van der Waals surface area contributed by atoms with Crippen LogP contribution in [-0.4, -0.2) is 11.7 Å². The number of hydrogen-bond acceptors (Lipinski definition) is 2. The maximum absolute atomic E-state index is 8.65. The van der Waals surface area contributed by atoms with E-state index in [4.69, 9.17) is 5.11 Å². The summed E-state index contributed by atoms with van der Waals surface area (Å²) >= 11 is 1.71. The van der Waals surface area contributed by atoms with Crippen LogP contribution in [0.5, 0.6) is 0 Å². The van der Waals surface area contributed by atoms with Gasteiger partial charge in [0, 0.05) is 22.8 Å². The first-order chi connectivity index (χ1) is 5.24. The van der Waals surface area contributed by atoms with E-state index >= 15 is 0 Å². The maximum atomic E-state index is 8.65. The molecule has 0 spiro atoms. The molecule has 0 aromatic carbocycles. The fourth-order valence-electron chi connectivity index (χ4n) is 0.852. The highest BCUT2D eigenvalue weighted by molar-refractivity contribution is 7.13. The minimum atomic E-state index is 0.232. The summed E-state index contributed by atoms with van der Waals surface area (Å²) in [7, 11) is 0. The molecule has 0 aliphatic rings. The van der Waals surface area contributed by atoms with Gasteiger partial charge in [0.1, 0.15) is 0 Å². The molecule has 1 nitrogen and oxygen atoms in total. The average molecular weight is 168 g/mol. The van der Waals surface area contributed by atoms with Crippen molar-refractivity contribution in [3.8, 4) is 0 Å². The van der Waals surface area contributed by atoms with Crippen LogP contribution in [0.25, 0.3) is 5.57 Å². The smallest absolute Gasteiger partial charge is 0.0479 e. The van der Waals surface area contributed by atoms with Gasteiger partial charge in [-0.15, -0.1) is 11.3 Å². The van der Waals surface area contributed by atoms with Crippen LogP contribution in [0.15, 0.2) is 18.7 Å². The van der Waals surface area contributed by atoms with Crippen molar-refractivity contribution in [2.75, 3.05) is 6.61 Å². The molecule has 0 saturated heterocycles.